The Bertz CT molecular complexity index is 1290. The minimum atomic E-state index is -4.09. The van der Waals surface area contributed by atoms with Gasteiger partial charge in [-0.05, 0) is 66.6 Å². The summed E-state index contributed by atoms with van der Waals surface area (Å²) in [6.45, 7) is 5.22. The fourth-order valence-electron chi connectivity index (χ4n) is 3.40. The number of hydrogen-bond donors (Lipinski definition) is 3. The van der Waals surface area contributed by atoms with E-state index in [4.69, 9.17) is 5.11 Å². The first-order chi connectivity index (χ1) is 15.8. The van der Waals surface area contributed by atoms with Gasteiger partial charge in [-0.15, -0.1) is 11.3 Å². The topological polar surface area (TPSA) is 114 Å². The molecule has 2 aromatic carbocycles. The molecule has 0 bridgehead atoms. The van der Waals surface area contributed by atoms with Crippen LogP contribution in [0.2, 0.25) is 0 Å². The van der Waals surface area contributed by atoms with Crippen LogP contribution in [-0.4, -0.2) is 51.0 Å². The largest absolute Gasteiger partial charge is 0.394 e. The fourth-order valence-corrected chi connectivity index (χ4v) is 5.40. The standard InChI is InChI=1S/C24H27N3O4S2/c1-3-27(4-2)20-8-7-17-11-19(6-5-18(17)12-20)24-10-9-22(32-24)13-23(14-25)33(30,31)26-15-21(29)16-28/h5-13,21,26,28-29H,3-4,15-16H2,1-2H3/b23-13+. The van der Waals surface area contributed by atoms with Crippen LogP contribution >= 0.6 is 11.3 Å². The molecule has 3 rings (SSSR count). The van der Waals surface area contributed by atoms with E-state index in [1.807, 2.05) is 12.1 Å². The molecule has 0 fully saturated rings. The quantitative estimate of drug-likeness (QED) is 0.379. The summed E-state index contributed by atoms with van der Waals surface area (Å²) in [5, 5.41) is 29.8. The third-order valence-electron chi connectivity index (χ3n) is 5.26. The van der Waals surface area contributed by atoms with Crippen molar-refractivity contribution >= 4 is 43.9 Å². The first kappa shape index (κ1) is 24.9. The summed E-state index contributed by atoms with van der Waals surface area (Å²) in [7, 11) is -4.09. The number of hydrogen-bond acceptors (Lipinski definition) is 7. The molecule has 0 aliphatic heterocycles. The zero-order valence-corrected chi connectivity index (χ0v) is 20.2. The predicted molar refractivity (Wildman–Crippen MR) is 134 cm³/mol. The number of thiophene rings is 1. The fraction of sp³-hybridized carbons (Fsp3) is 0.292. The van der Waals surface area contributed by atoms with E-state index < -0.39 is 27.6 Å². The number of nitrogens with one attached hydrogen (secondary N) is 1. The Hall–Kier alpha value is -2.74. The van der Waals surface area contributed by atoms with Crippen LogP contribution in [0, 0.1) is 11.3 Å². The van der Waals surface area contributed by atoms with Gasteiger partial charge in [0.15, 0.2) is 4.91 Å². The molecule has 0 saturated heterocycles. The molecule has 9 heteroatoms. The van der Waals surface area contributed by atoms with Crippen LogP contribution in [0.1, 0.15) is 18.7 Å². The van der Waals surface area contributed by atoms with Gasteiger partial charge in [0.1, 0.15) is 6.07 Å². The predicted octanol–water partition coefficient (Wildman–Crippen LogP) is 3.55. The first-order valence-electron chi connectivity index (χ1n) is 10.6. The lowest BCUT2D eigenvalue weighted by atomic mass is 10.0. The summed E-state index contributed by atoms with van der Waals surface area (Å²) in [4.78, 5) is 3.41. The highest BCUT2D eigenvalue weighted by molar-refractivity contribution is 7.93. The molecular weight excluding hydrogens is 458 g/mol. The molecule has 3 aromatic rings. The maximum atomic E-state index is 12.3. The molecule has 0 aliphatic carbocycles. The summed E-state index contributed by atoms with van der Waals surface area (Å²) in [6.07, 6.45) is 0.0724. The van der Waals surface area contributed by atoms with Crippen LogP contribution in [0.5, 0.6) is 0 Å². The van der Waals surface area contributed by atoms with E-state index in [0.717, 1.165) is 34.3 Å². The van der Waals surface area contributed by atoms with E-state index in [1.165, 1.54) is 23.1 Å². The Kier molecular flexibility index (Phi) is 8.24. The number of aliphatic hydroxyl groups excluding tert-OH is 2. The molecule has 3 N–H and O–H groups in total. The summed E-state index contributed by atoms with van der Waals surface area (Å²) >= 11 is 1.38. The number of rotatable bonds is 10. The van der Waals surface area contributed by atoms with Crippen molar-refractivity contribution in [3.8, 4) is 16.5 Å². The number of benzene rings is 2. The van der Waals surface area contributed by atoms with Gasteiger partial charge in [-0.1, -0.05) is 18.2 Å². The average Bonchev–Trinajstić information content (AvgIpc) is 3.30. The Morgan fingerprint density at radius 1 is 1.15 bits per heavy atom. The molecule has 1 aromatic heterocycles. The van der Waals surface area contributed by atoms with Crippen LogP contribution < -0.4 is 9.62 Å². The maximum absolute atomic E-state index is 12.3. The lowest BCUT2D eigenvalue weighted by Gasteiger charge is -2.21. The average molecular weight is 486 g/mol. The molecule has 0 aliphatic rings. The van der Waals surface area contributed by atoms with Crippen molar-refractivity contribution in [3.05, 3.63) is 58.3 Å². The first-order valence-corrected chi connectivity index (χ1v) is 12.9. The zero-order valence-electron chi connectivity index (χ0n) is 18.5. The van der Waals surface area contributed by atoms with Crippen LogP contribution in [0.25, 0.3) is 27.3 Å². The second kappa shape index (κ2) is 10.9. The number of aliphatic hydroxyl groups is 2. The highest BCUT2D eigenvalue weighted by atomic mass is 32.2. The molecular formula is C24H27N3O4S2. The normalized spacial score (nSPS) is 13.1. The molecule has 7 nitrogen and oxygen atoms in total. The van der Waals surface area contributed by atoms with Crippen molar-refractivity contribution in [1.82, 2.24) is 4.72 Å². The smallest absolute Gasteiger partial charge is 0.250 e. The van der Waals surface area contributed by atoms with Gasteiger partial charge in [0, 0.05) is 35.1 Å². The van der Waals surface area contributed by atoms with Crippen molar-refractivity contribution in [2.45, 2.75) is 20.0 Å². The van der Waals surface area contributed by atoms with Crippen molar-refractivity contribution in [1.29, 1.82) is 5.26 Å². The van der Waals surface area contributed by atoms with E-state index in [9.17, 15) is 18.8 Å². The van der Waals surface area contributed by atoms with Crippen LogP contribution in [0.4, 0.5) is 5.69 Å². The third kappa shape index (κ3) is 5.99. The molecule has 0 amide bonds. The van der Waals surface area contributed by atoms with Gasteiger partial charge in [0.05, 0.1) is 12.7 Å². The van der Waals surface area contributed by atoms with Gasteiger partial charge in [0.25, 0.3) is 10.0 Å². The minimum absolute atomic E-state index is 0.374. The van der Waals surface area contributed by atoms with E-state index in [1.54, 1.807) is 12.1 Å². The lowest BCUT2D eigenvalue weighted by molar-refractivity contribution is 0.0989. The number of sulfonamides is 1. The van der Waals surface area contributed by atoms with E-state index >= 15 is 0 Å². The number of nitriles is 1. The zero-order chi connectivity index (χ0) is 24.0. The maximum Gasteiger partial charge on any atom is 0.250 e. The van der Waals surface area contributed by atoms with Crippen LogP contribution in [0.3, 0.4) is 0 Å². The Morgan fingerprint density at radius 2 is 1.85 bits per heavy atom. The summed E-state index contributed by atoms with van der Waals surface area (Å²) in [5.74, 6) is 0. The number of allylic oxidation sites excluding steroid dienone is 1. The number of anilines is 1. The number of nitrogens with zero attached hydrogens (tertiary/aromatic N) is 2. The van der Waals surface area contributed by atoms with Gasteiger partial charge in [0.2, 0.25) is 0 Å². The third-order valence-corrected chi connectivity index (χ3v) is 7.67. The van der Waals surface area contributed by atoms with Crippen molar-refractivity contribution < 1.29 is 18.6 Å². The van der Waals surface area contributed by atoms with Crippen molar-refractivity contribution in [2.75, 3.05) is 31.1 Å². The van der Waals surface area contributed by atoms with Crippen LogP contribution in [0.15, 0.2) is 53.4 Å². The number of fused-ring (bicyclic) bond motifs is 1. The SMILES string of the molecule is CCN(CC)c1ccc2cc(-c3ccc(/C=C(\C#N)S(=O)(=O)NCC(O)CO)s3)ccc2c1. The van der Waals surface area contributed by atoms with Crippen molar-refractivity contribution in [3.63, 3.8) is 0 Å². The molecule has 0 spiro atoms. The monoisotopic (exact) mass is 485 g/mol. The molecule has 174 valence electrons. The molecule has 0 saturated carbocycles. The molecule has 1 heterocycles. The Morgan fingerprint density at radius 3 is 2.52 bits per heavy atom. The van der Waals surface area contributed by atoms with Gasteiger partial charge < -0.3 is 15.1 Å². The second-order valence-corrected chi connectivity index (χ2v) is 10.3. The molecule has 33 heavy (non-hydrogen) atoms. The minimum Gasteiger partial charge on any atom is -0.394 e. The summed E-state index contributed by atoms with van der Waals surface area (Å²) in [5.41, 5.74) is 2.20. The van der Waals surface area contributed by atoms with Gasteiger partial charge in [-0.25, -0.2) is 13.1 Å². The highest BCUT2D eigenvalue weighted by Gasteiger charge is 2.19. The lowest BCUT2D eigenvalue weighted by Crippen LogP contribution is -2.34. The van der Waals surface area contributed by atoms with E-state index in [-0.39, 0.29) is 6.54 Å². The Labute approximate surface area is 198 Å². The second-order valence-electron chi connectivity index (χ2n) is 7.43. The van der Waals surface area contributed by atoms with E-state index in [0.29, 0.717) is 4.88 Å². The van der Waals surface area contributed by atoms with Gasteiger partial charge >= 0.3 is 0 Å². The molecule has 1 atom stereocenters. The van der Waals surface area contributed by atoms with Gasteiger partial charge in [-0.2, -0.15) is 5.26 Å². The summed E-state index contributed by atoms with van der Waals surface area (Å²) < 4.78 is 26.8. The highest BCUT2D eigenvalue weighted by Crippen LogP contribution is 2.33. The summed E-state index contributed by atoms with van der Waals surface area (Å²) in [6, 6.07) is 18.0. The Balaban J connectivity index is 1.85. The molecule has 1 unspecified atom stereocenters. The van der Waals surface area contributed by atoms with Crippen molar-refractivity contribution in [2.24, 2.45) is 0 Å². The van der Waals surface area contributed by atoms with Crippen LogP contribution in [-0.2, 0) is 10.0 Å². The van der Waals surface area contributed by atoms with Gasteiger partial charge in [-0.3, -0.25) is 0 Å². The molecule has 0 radical (unpaired) electrons. The van der Waals surface area contributed by atoms with E-state index in [2.05, 4.69) is 53.8 Å².